The van der Waals surface area contributed by atoms with E-state index in [1.807, 2.05) is 0 Å². The van der Waals surface area contributed by atoms with Gasteiger partial charge in [0, 0.05) is 29.4 Å². The van der Waals surface area contributed by atoms with Gasteiger partial charge < -0.3 is 5.32 Å². The van der Waals surface area contributed by atoms with Gasteiger partial charge in [0.2, 0.25) is 0 Å². The summed E-state index contributed by atoms with van der Waals surface area (Å²) in [6.07, 6.45) is 5.19. The van der Waals surface area contributed by atoms with Gasteiger partial charge in [-0.3, -0.25) is 0 Å². The van der Waals surface area contributed by atoms with Crippen LogP contribution in [0, 0.1) is 25.7 Å². The fourth-order valence-corrected chi connectivity index (χ4v) is 3.37. The Kier molecular flexibility index (Phi) is 5.74. The lowest BCUT2D eigenvalue weighted by Gasteiger charge is -2.15. The molecule has 118 valence electrons. The first kappa shape index (κ1) is 16.4. The highest BCUT2D eigenvalue weighted by Crippen LogP contribution is 2.38. The molecule has 1 N–H and O–H groups in total. The lowest BCUT2D eigenvalue weighted by atomic mass is 10.0. The van der Waals surface area contributed by atoms with Crippen LogP contribution in [0.5, 0.6) is 0 Å². The number of aromatic nitrogens is 2. The lowest BCUT2D eigenvalue weighted by molar-refractivity contribution is 0.515. The van der Waals surface area contributed by atoms with E-state index in [9.17, 15) is 0 Å². The Labute approximate surface area is 130 Å². The molecule has 1 aromatic rings. The van der Waals surface area contributed by atoms with E-state index in [4.69, 9.17) is 9.97 Å². The summed E-state index contributed by atoms with van der Waals surface area (Å²) in [6.45, 7) is 13.0. The molecule has 0 bridgehead atoms. The van der Waals surface area contributed by atoms with Crippen LogP contribution in [0.3, 0.4) is 0 Å². The van der Waals surface area contributed by atoms with E-state index in [0.717, 1.165) is 36.2 Å². The minimum Gasteiger partial charge on any atom is -0.312 e. The van der Waals surface area contributed by atoms with Crippen LogP contribution in [0.25, 0.3) is 0 Å². The van der Waals surface area contributed by atoms with Crippen molar-refractivity contribution in [3.63, 3.8) is 0 Å². The molecule has 21 heavy (non-hydrogen) atoms. The third-order valence-electron chi connectivity index (χ3n) is 4.78. The number of nitrogens with one attached hydrogen (secondary N) is 1. The van der Waals surface area contributed by atoms with Crippen LogP contribution in [-0.2, 0) is 6.54 Å². The smallest absolute Gasteiger partial charge is 0.131 e. The molecular weight excluding hydrogens is 258 g/mol. The second kappa shape index (κ2) is 7.35. The molecule has 2 unspecified atom stereocenters. The van der Waals surface area contributed by atoms with Gasteiger partial charge in [0.25, 0.3) is 0 Å². The summed E-state index contributed by atoms with van der Waals surface area (Å²) >= 11 is 0. The molecule has 0 aromatic carbocycles. The number of hydrogen-bond acceptors (Lipinski definition) is 3. The molecule has 1 saturated carbocycles. The normalized spacial score (nSPS) is 22.2. The van der Waals surface area contributed by atoms with Crippen molar-refractivity contribution >= 4 is 0 Å². The van der Waals surface area contributed by atoms with E-state index >= 15 is 0 Å². The summed E-state index contributed by atoms with van der Waals surface area (Å²) in [5.74, 6) is 3.24. The molecule has 1 fully saturated rings. The summed E-state index contributed by atoms with van der Waals surface area (Å²) < 4.78 is 0. The monoisotopic (exact) mass is 289 g/mol. The van der Waals surface area contributed by atoms with Crippen molar-refractivity contribution in [2.45, 2.75) is 72.8 Å². The van der Waals surface area contributed by atoms with Crippen LogP contribution in [0.15, 0.2) is 0 Å². The number of nitrogens with zero attached hydrogens (tertiary/aromatic N) is 2. The fourth-order valence-electron chi connectivity index (χ4n) is 3.37. The first-order valence-electron chi connectivity index (χ1n) is 8.56. The van der Waals surface area contributed by atoms with Crippen molar-refractivity contribution in [2.75, 3.05) is 6.54 Å². The zero-order valence-corrected chi connectivity index (χ0v) is 14.4. The van der Waals surface area contributed by atoms with Crippen molar-refractivity contribution < 1.29 is 0 Å². The minimum atomic E-state index is 0.588. The van der Waals surface area contributed by atoms with E-state index in [1.165, 1.54) is 31.2 Å². The van der Waals surface area contributed by atoms with E-state index < -0.39 is 0 Å². The third kappa shape index (κ3) is 4.26. The first-order valence-corrected chi connectivity index (χ1v) is 8.56. The van der Waals surface area contributed by atoms with Gasteiger partial charge in [-0.15, -0.1) is 0 Å². The maximum atomic E-state index is 4.83. The molecule has 2 atom stereocenters. The van der Waals surface area contributed by atoms with Crippen LogP contribution < -0.4 is 5.32 Å². The maximum Gasteiger partial charge on any atom is 0.131 e. The van der Waals surface area contributed by atoms with Crippen LogP contribution in [0.4, 0.5) is 0 Å². The average Bonchev–Trinajstić information content (AvgIpc) is 2.90. The second-order valence-electron chi connectivity index (χ2n) is 7.04. The van der Waals surface area contributed by atoms with E-state index in [1.54, 1.807) is 0 Å². The molecule has 1 aliphatic carbocycles. The van der Waals surface area contributed by atoms with Gasteiger partial charge >= 0.3 is 0 Å². The molecule has 2 rings (SSSR count). The Hall–Kier alpha value is -0.960. The predicted octanol–water partition coefficient (Wildman–Crippen LogP) is 4.13. The van der Waals surface area contributed by atoms with Crippen molar-refractivity contribution in [3.05, 3.63) is 22.8 Å². The van der Waals surface area contributed by atoms with Gasteiger partial charge in [-0.25, -0.2) is 9.97 Å². The molecule has 1 aliphatic rings. The Morgan fingerprint density at radius 3 is 2.33 bits per heavy atom. The van der Waals surface area contributed by atoms with Gasteiger partial charge in [0.15, 0.2) is 0 Å². The zero-order chi connectivity index (χ0) is 15.4. The van der Waals surface area contributed by atoms with Crippen LogP contribution in [-0.4, -0.2) is 16.5 Å². The topological polar surface area (TPSA) is 37.8 Å². The fraction of sp³-hybridized carbons (Fsp3) is 0.778. The maximum absolute atomic E-state index is 4.83. The van der Waals surface area contributed by atoms with Gasteiger partial charge in [-0.2, -0.15) is 0 Å². The SMILES string of the molecule is CCC1CCC(c2nc(C)c(CNCC(C)C)c(C)n2)C1. The zero-order valence-electron chi connectivity index (χ0n) is 14.4. The van der Waals surface area contributed by atoms with E-state index in [0.29, 0.717) is 11.8 Å². The van der Waals surface area contributed by atoms with Crippen molar-refractivity contribution in [3.8, 4) is 0 Å². The quantitative estimate of drug-likeness (QED) is 0.855. The molecule has 0 radical (unpaired) electrons. The highest BCUT2D eigenvalue weighted by molar-refractivity contribution is 5.25. The standard InChI is InChI=1S/C18H31N3/c1-6-15-7-8-16(9-15)18-20-13(4)17(14(5)21-18)11-19-10-12(2)3/h12,15-16,19H,6-11H2,1-5H3. The first-order chi connectivity index (χ1) is 10.0. The van der Waals surface area contributed by atoms with Crippen molar-refractivity contribution in [1.29, 1.82) is 0 Å². The number of hydrogen-bond donors (Lipinski definition) is 1. The molecule has 1 heterocycles. The molecule has 1 aromatic heterocycles. The third-order valence-corrected chi connectivity index (χ3v) is 4.78. The van der Waals surface area contributed by atoms with Crippen molar-refractivity contribution in [2.24, 2.45) is 11.8 Å². The Balaban J connectivity index is 2.06. The summed E-state index contributed by atoms with van der Waals surface area (Å²) in [4.78, 5) is 9.66. The highest BCUT2D eigenvalue weighted by atomic mass is 14.9. The van der Waals surface area contributed by atoms with E-state index in [2.05, 4.69) is 39.9 Å². The van der Waals surface area contributed by atoms with Gasteiger partial charge in [0.1, 0.15) is 5.82 Å². The van der Waals surface area contributed by atoms with Crippen molar-refractivity contribution in [1.82, 2.24) is 15.3 Å². The largest absolute Gasteiger partial charge is 0.312 e. The molecular formula is C18H31N3. The Morgan fingerprint density at radius 1 is 1.14 bits per heavy atom. The number of aryl methyl sites for hydroxylation is 2. The van der Waals surface area contributed by atoms with Crippen LogP contribution in [0.1, 0.15) is 75.1 Å². The summed E-state index contributed by atoms with van der Waals surface area (Å²) in [5.41, 5.74) is 3.60. The molecule has 0 spiro atoms. The summed E-state index contributed by atoms with van der Waals surface area (Å²) in [6, 6.07) is 0. The summed E-state index contributed by atoms with van der Waals surface area (Å²) in [5, 5.41) is 3.51. The van der Waals surface area contributed by atoms with Crippen LogP contribution in [0.2, 0.25) is 0 Å². The second-order valence-corrected chi connectivity index (χ2v) is 7.04. The molecule has 3 heteroatoms. The molecule has 3 nitrogen and oxygen atoms in total. The average molecular weight is 289 g/mol. The van der Waals surface area contributed by atoms with Gasteiger partial charge in [-0.05, 0) is 51.5 Å². The molecule has 0 amide bonds. The summed E-state index contributed by atoms with van der Waals surface area (Å²) in [7, 11) is 0. The predicted molar refractivity (Wildman–Crippen MR) is 88.4 cm³/mol. The Bertz CT molecular complexity index is 445. The van der Waals surface area contributed by atoms with E-state index in [-0.39, 0.29) is 0 Å². The highest BCUT2D eigenvalue weighted by Gasteiger charge is 2.27. The Morgan fingerprint density at radius 2 is 1.81 bits per heavy atom. The minimum absolute atomic E-state index is 0.588. The molecule has 0 aliphatic heterocycles. The molecule has 0 saturated heterocycles. The lowest BCUT2D eigenvalue weighted by Crippen LogP contribution is -2.21. The van der Waals surface area contributed by atoms with Gasteiger partial charge in [-0.1, -0.05) is 27.2 Å². The van der Waals surface area contributed by atoms with Gasteiger partial charge in [0.05, 0.1) is 0 Å². The van der Waals surface area contributed by atoms with Crippen LogP contribution >= 0.6 is 0 Å². The number of rotatable bonds is 6.